The van der Waals surface area contributed by atoms with Crippen molar-refractivity contribution in [3.63, 3.8) is 0 Å². The van der Waals surface area contributed by atoms with Gasteiger partial charge in [-0.2, -0.15) is 4.98 Å². The Morgan fingerprint density at radius 2 is 2.04 bits per heavy atom. The van der Waals surface area contributed by atoms with Crippen molar-refractivity contribution in [2.75, 3.05) is 5.32 Å². The van der Waals surface area contributed by atoms with E-state index < -0.39 is 4.92 Å². The predicted molar refractivity (Wildman–Crippen MR) is 94.5 cm³/mol. The van der Waals surface area contributed by atoms with Crippen LogP contribution in [0.3, 0.4) is 0 Å². The first-order chi connectivity index (χ1) is 12.5. The molecule has 0 aliphatic rings. The van der Waals surface area contributed by atoms with Crippen LogP contribution in [0, 0.1) is 17.0 Å². The summed E-state index contributed by atoms with van der Waals surface area (Å²) in [6.45, 7) is 1.97. The minimum absolute atomic E-state index is 0.0810. The summed E-state index contributed by atoms with van der Waals surface area (Å²) in [5.41, 5.74) is 2.23. The lowest BCUT2D eigenvalue weighted by Gasteiger charge is -2.03. The third-order valence-corrected chi connectivity index (χ3v) is 3.65. The average Bonchev–Trinajstić information content (AvgIpc) is 3.09. The molecule has 1 amide bonds. The molecule has 8 nitrogen and oxygen atoms in total. The summed E-state index contributed by atoms with van der Waals surface area (Å²) in [5.74, 6) is 0.541. The van der Waals surface area contributed by atoms with E-state index in [1.54, 1.807) is 6.07 Å². The van der Waals surface area contributed by atoms with Crippen molar-refractivity contribution in [3.05, 3.63) is 70.1 Å². The van der Waals surface area contributed by atoms with Gasteiger partial charge in [0.15, 0.2) is 0 Å². The fourth-order valence-corrected chi connectivity index (χ4v) is 2.40. The van der Waals surface area contributed by atoms with Gasteiger partial charge in [-0.05, 0) is 19.1 Å². The zero-order valence-electron chi connectivity index (χ0n) is 14.0. The molecule has 3 aromatic rings. The van der Waals surface area contributed by atoms with Gasteiger partial charge in [-0.25, -0.2) is 0 Å². The molecule has 0 unspecified atom stereocenters. The lowest BCUT2D eigenvalue weighted by atomic mass is 10.1. The molecule has 0 bridgehead atoms. The molecule has 1 N–H and O–H groups in total. The summed E-state index contributed by atoms with van der Waals surface area (Å²) in [7, 11) is 0. The maximum atomic E-state index is 12.0. The van der Waals surface area contributed by atoms with Gasteiger partial charge < -0.3 is 9.84 Å². The van der Waals surface area contributed by atoms with Gasteiger partial charge in [-0.15, -0.1) is 0 Å². The molecule has 0 aliphatic heterocycles. The number of nitro benzene ring substituents is 1. The third-order valence-electron chi connectivity index (χ3n) is 3.65. The third kappa shape index (κ3) is 4.29. The normalized spacial score (nSPS) is 10.5. The first-order valence-electron chi connectivity index (χ1n) is 7.95. The van der Waals surface area contributed by atoms with Gasteiger partial charge in [0, 0.05) is 36.2 Å². The van der Waals surface area contributed by atoms with E-state index in [-0.39, 0.29) is 24.4 Å². The number of nitrogens with zero attached hydrogens (tertiary/aromatic N) is 3. The van der Waals surface area contributed by atoms with Crippen molar-refractivity contribution in [2.45, 2.75) is 19.8 Å². The predicted octanol–water partition coefficient (Wildman–Crippen LogP) is 3.52. The lowest BCUT2D eigenvalue weighted by molar-refractivity contribution is -0.384. The van der Waals surface area contributed by atoms with E-state index in [1.807, 2.05) is 31.2 Å². The van der Waals surface area contributed by atoms with Crippen LogP contribution in [0.5, 0.6) is 0 Å². The second-order valence-electron chi connectivity index (χ2n) is 5.74. The molecular weight excluding hydrogens is 336 g/mol. The Bertz CT molecular complexity index is 952. The van der Waals surface area contributed by atoms with Crippen molar-refractivity contribution >= 4 is 17.3 Å². The Kier molecular flexibility index (Phi) is 5.02. The molecule has 0 atom stereocenters. The van der Waals surface area contributed by atoms with Crippen molar-refractivity contribution in [3.8, 4) is 11.4 Å². The highest BCUT2D eigenvalue weighted by molar-refractivity contribution is 5.91. The van der Waals surface area contributed by atoms with Crippen molar-refractivity contribution in [1.82, 2.24) is 10.1 Å². The maximum Gasteiger partial charge on any atom is 0.271 e. The van der Waals surface area contributed by atoms with Crippen LogP contribution in [0.25, 0.3) is 11.4 Å². The fraction of sp³-hybridized carbons (Fsp3) is 0.167. The minimum Gasteiger partial charge on any atom is -0.339 e. The number of nitro groups is 1. The Morgan fingerprint density at radius 1 is 1.23 bits per heavy atom. The molecule has 1 heterocycles. The van der Waals surface area contributed by atoms with Gasteiger partial charge >= 0.3 is 0 Å². The van der Waals surface area contributed by atoms with E-state index in [0.717, 1.165) is 11.1 Å². The molecule has 2 aromatic carbocycles. The zero-order valence-corrected chi connectivity index (χ0v) is 14.0. The Hall–Kier alpha value is -3.55. The second kappa shape index (κ2) is 7.56. The summed E-state index contributed by atoms with van der Waals surface area (Å²) >= 11 is 0. The Labute approximate surface area is 149 Å². The topological polar surface area (TPSA) is 111 Å². The van der Waals surface area contributed by atoms with Gasteiger partial charge in [0.05, 0.1) is 4.92 Å². The van der Waals surface area contributed by atoms with Crippen LogP contribution in [0.4, 0.5) is 11.4 Å². The summed E-state index contributed by atoms with van der Waals surface area (Å²) < 4.78 is 5.18. The number of aromatic nitrogens is 2. The highest BCUT2D eigenvalue weighted by Crippen LogP contribution is 2.19. The molecule has 8 heteroatoms. The van der Waals surface area contributed by atoms with E-state index in [1.165, 1.54) is 18.2 Å². The molecule has 26 heavy (non-hydrogen) atoms. The smallest absolute Gasteiger partial charge is 0.271 e. The number of carbonyl (C=O) groups excluding carboxylic acids is 1. The SMILES string of the molecule is Cc1cccc(-c2noc(CCC(=O)Nc3cccc([N+](=O)[O-])c3)n2)c1. The van der Waals surface area contributed by atoms with E-state index in [2.05, 4.69) is 15.5 Å². The van der Waals surface area contributed by atoms with Crippen molar-refractivity contribution in [1.29, 1.82) is 0 Å². The molecule has 132 valence electrons. The molecule has 0 saturated carbocycles. The van der Waals surface area contributed by atoms with Crippen LogP contribution in [0.1, 0.15) is 17.9 Å². The number of hydrogen-bond donors (Lipinski definition) is 1. The summed E-state index contributed by atoms with van der Waals surface area (Å²) in [6, 6.07) is 13.5. The molecule has 0 fully saturated rings. The second-order valence-corrected chi connectivity index (χ2v) is 5.74. The number of amides is 1. The van der Waals surface area contributed by atoms with Gasteiger partial charge in [0.25, 0.3) is 5.69 Å². The molecule has 0 radical (unpaired) electrons. The molecule has 3 rings (SSSR count). The molecule has 0 saturated heterocycles. The fourth-order valence-electron chi connectivity index (χ4n) is 2.40. The van der Waals surface area contributed by atoms with Gasteiger partial charge in [0.2, 0.25) is 17.6 Å². The Balaban J connectivity index is 1.58. The summed E-state index contributed by atoms with van der Waals surface area (Å²) in [6.07, 6.45) is 0.401. The van der Waals surface area contributed by atoms with Crippen LogP contribution in [-0.4, -0.2) is 21.0 Å². The van der Waals surface area contributed by atoms with E-state index in [4.69, 9.17) is 4.52 Å². The number of non-ortho nitro benzene ring substituents is 1. The lowest BCUT2D eigenvalue weighted by Crippen LogP contribution is -2.12. The molecule has 0 aliphatic carbocycles. The Morgan fingerprint density at radius 3 is 2.81 bits per heavy atom. The van der Waals surface area contributed by atoms with Crippen LogP contribution in [-0.2, 0) is 11.2 Å². The standard InChI is InChI=1S/C18H16N4O4/c1-12-4-2-5-13(10-12)18-20-17(26-21-18)9-8-16(23)19-14-6-3-7-15(11-14)22(24)25/h2-7,10-11H,8-9H2,1H3,(H,19,23). The van der Waals surface area contributed by atoms with Crippen molar-refractivity contribution < 1.29 is 14.2 Å². The summed E-state index contributed by atoms with van der Waals surface area (Å²) in [5, 5.41) is 17.3. The summed E-state index contributed by atoms with van der Waals surface area (Å²) in [4.78, 5) is 26.6. The molecule has 1 aromatic heterocycles. The van der Waals surface area contributed by atoms with Gasteiger partial charge in [-0.1, -0.05) is 35.0 Å². The quantitative estimate of drug-likeness (QED) is 0.536. The highest BCUT2D eigenvalue weighted by Gasteiger charge is 2.12. The largest absolute Gasteiger partial charge is 0.339 e. The van der Waals surface area contributed by atoms with Crippen LogP contribution < -0.4 is 5.32 Å². The van der Waals surface area contributed by atoms with Crippen LogP contribution >= 0.6 is 0 Å². The number of carbonyl (C=O) groups is 1. The van der Waals surface area contributed by atoms with Crippen LogP contribution in [0.15, 0.2) is 53.1 Å². The van der Waals surface area contributed by atoms with E-state index in [0.29, 0.717) is 17.4 Å². The first-order valence-corrected chi connectivity index (χ1v) is 7.95. The van der Waals surface area contributed by atoms with Crippen molar-refractivity contribution in [2.24, 2.45) is 0 Å². The number of hydrogen-bond acceptors (Lipinski definition) is 6. The molecule has 0 spiro atoms. The zero-order chi connectivity index (χ0) is 18.5. The average molecular weight is 352 g/mol. The highest BCUT2D eigenvalue weighted by atomic mass is 16.6. The van der Waals surface area contributed by atoms with E-state index in [9.17, 15) is 14.9 Å². The number of anilines is 1. The first kappa shape index (κ1) is 17.3. The number of rotatable bonds is 6. The molecular formula is C18H16N4O4. The number of nitrogens with one attached hydrogen (secondary N) is 1. The number of aryl methyl sites for hydroxylation is 2. The number of benzene rings is 2. The van der Waals surface area contributed by atoms with Gasteiger partial charge in [0.1, 0.15) is 0 Å². The van der Waals surface area contributed by atoms with E-state index >= 15 is 0 Å². The monoisotopic (exact) mass is 352 g/mol. The van der Waals surface area contributed by atoms with Crippen LogP contribution in [0.2, 0.25) is 0 Å². The minimum atomic E-state index is -0.513. The maximum absolute atomic E-state index is 12.0. The van der Waals surface area contributed by atoms with Gasteiger partial charge in [-0.3, -0.25) is 14.9 Å².